The molecule has 5 nitrogen and oxygen atoms in total. The number of nitrogens with two attached hydrogens (primary N) is 1. The molecule has 1 unspecified atom stereocenters. The van der Waals surface area contributed by atoms with E-state index in [1.807, 2.05) is 17.4 Å². The van der Waals surface area contributed by atoms with Crippen molar-refractivity contribution in [3.05, 3.63) is 71.1 Å². The number of hydrogen-bond acceptors (Lipinski definition) is 5. The van der Waals surface area contributed by atoms with Crippen LogP contribution in [-0.4, -0.2) is 24.5 Å². The molecule has 2 aromatic carbocycles. The molecule has 1 atom stereocenters. The van der Waals surface area contributed by atoms with Gasteiger partial charge in [0.2, 0.25) is 0 Å². The normalized spacial score (nSPS) is 15.9. The summed E-state index contributed by atoms with van der Waals surface area (Å²) in [5, 5.41) is 6.55. The van der Waals surface area contributed by atoms with Gasteiger partial charge in [-0.2, -0.15) is 0 Å². The fraction of sp³-hybridized carbons (Fsp3) is 0.280. The van der Waals surface area contributed by atoms with Gasteiger partial charge in [0.25, 0.3) is 0 Å². The second-order valence-electron chi connectivity index (χ2n) is 7.51. The highest BCUT2D eigenvalue weighted by Gasteiger charge is 2.11. The Bertz CT molecular complexity index is 1170. The number of allylic oxidation sites excluding steroid dienone is 4. The number of thiophene rings is 1. The molecule has 0 fully saturated rings. The fourth-order valence-electron chi connectivity index (χ4n) is 3.56. The molecule has 0 amide bonds. The van der Waals surface area contributed by atoms with Crippen LogP contribution in [0, 0.1) is 0 Å². The first-order valence-corrected chi connectivity index (χ1v) is 12.6. The molecule has 32 heavy (non-hydrogen) atoms. The number of benzene rings is 2. The monoisotopic (exact) mass is 469 g/mol. The lowest BCUT2D eigenvalue weighted by atomic mass is 10.0. The van der Waals surface area contributed by atoms with Gasteiger partial charge in [-0.05, 0) is 60.2 Å². The first kappa shape index (κ1) is 22.6. The van der Waals surface area contributed by atoms with Crippen LogP contribution in [0.5, 0.6) is 17.2 Å². The Balaban J connectivity index is 0.000000158. The molecule has 2 heterocycles. The van der Waals surface area contributed by atoms with Gasteiger partial charge >= 0.3 is 0 Å². The van der Waals surface area contributed by atoms with Crippen LogP contribution < -0.4 is 19.3 Å². The van der Waals surface area contributed by atoms with E-state index < -0.39 is 11.0 Å². The molecule has 0 radical (unpaired) electrons. The van der Waals surface area contributed by atoms with E-state index in [0.717, 1.165) is 18.6 Å². The van der Waals surface area contributed by atoms with Gasteiger partial charge in [0.1, 0.15) is 16.7 Å². The van der Waals surface area contributed by atoms with Gasteiger partial charge in [-0.1, -0.05) is 18.2 Å². The van der Waals surface area contributed by atoms with E-state index in [2.05, 4.69) is 36.4 Å². The van der Waals surface area contributed by atoms with Gasteiger partial charge in [-0.15, -0.1) is 11.3 Å². The minimum atomic E-state index is -1.47. The first-order valence-electron chi connectivity index (χ1n) is 10.6. The van der Waals surface area contributed by atoms with Crippen LogP contribution in [0.15, 0.2) is 71.2 Å². The summed E-state index contributed by atoms with van der Waals surface area (Å²) in [6.07, 6.45) is 11.2. The molecule has 2 aliphatic rings. The minimum Gasteiger partial charge on any atom is -0.497 e. The van der Waals surface area contributed by atoms with Crippen LogP contribution in [0.1, 0.15) is 24.1 Å². The number of fused-ring (bicyclic) bond motifs is 2. The largest absolute Gasteiger partial charge is 0.497 e. The molecule has 3 aromatic rings. The average molecular weight is 470 g/mol. The Morgan fingerprint density at radius 2 is 1.91 bits per heavy atom. The second-order valence-corrected chi connectivity index (χ2v) is 9.74. The third-order valence-electron chi connectivity index (χ3n) is 5.18. The lowest BCUT2D eigenvalue weighted by Crippen LogP contribution is -2.03. The molecular formula is C25H27NO4S2. The van der Waals surface area contributed by atoms with Gasteiger partial charge in [0.05, 0.1) is 25.2 Å². The van der Waals surface area contributed by atoms with Crippen LogP contribution >= 0.6 is 11.3 Å². The number of ether oxygens (including phenoxy) is 3. The molecule has 5 rings (SSSR count). The highest BCUT2D eigenvalue weighted by Crippen LogP contribution is 2.32. The molecule has 0 saturated heterocycles. The number of hydrogen-bond donors (Lipinski definition) is 1. The first-order chi connectivity index (χ1) is 15.6. The predicted molar refractivity (Wildman–Crippen MR) is 131 cm³/mol. The van der Waals surface area contributed by atoms with Crippen LogP contribution in [-0.2, 0) is 17.4 Å². The van der Waals surface area contributed by atoms with E-state index in [1.165, 1.54) is 33.4 Å². The van der Waals surface area contributed by atoms with Gasteiger partial charge in [0.15, 0.2) is 11.5 Å². The summed E-state index contributed by atoms with van der Waals surface area (Å²) >= 11 is 1.88. The van der Waals surface area contributed by atoms with Crippen molar-refractivity contribution in [3.63, 3.8) is 0 Å². The summed E-state index contributed by atoms with van der Waals surface area (Å²) in [4.78, 5) is 1.98. The van der Waals surface area contributed by atoms with Gasteiger partial charge < -0.3 is 14.2 Å². The van der Waals surface area contributed by atoms with Gasteiger partial charge in [0, 0.05) is 28.5 Å². The molecule has 7 heteroatoms. The van der Waals surface area contributed by atoms with Gasteiger partial charge in [-0.3, -0.25) is 0 Å². The summed E-state index contributed by atoms with van der Waals surface area (Å²) in [5.74, 6) is 2.25. The Morgan fingerprint density at radius 3 is 2.66 bits per heavy atom. The lowest BCUT2D eigenvalue weighted by Gasteiger charge is -2.07. The summed E-state index contributed by atoms with van der Waals surface area (Å²) in [7, 11) is 0.246. The standard InChI is InChI=1S/C16H16OS.C9H11NO3S/c1-17-14-7-8-16-13(10-14)11-15(18-16)9-12-5-3-2-4-6-12;10-14(11)7-2-3-8-9(6-7)13-5-1-4-12-8/h3,5-8,10-11H,2,4,9H2,1H3;2-3,6H,1,4-5,10H2. The third-order valence-corrected chi connectivity index (χ3v) is 7.01. The molecule has 1 aliphatic heterocycles. The van der Waals surface area contributed by atoms with Crippen molar-refractivity contribution in [2.75, 3.05) is 20.3 Å². The third kappa shape index (κ3) is 5.79. The Morgan fingerprint density at radius 1 is 1.06 bits per heavy atom. The van der Waals surface area contributed by atoms with E-state index in [1.54, 1.807) is 25.3 Å². The molecular weight excluding hydrogens is 442 g/mol. The summed E-state index contributed by atoms with van der Waals surface area (Å²) in [5.41, 5.74) is 1.44. The fourth-order valence-corrected chi connectivity index (χ4v) is 5.06. The summed E-state index contributed by atoms with van der Waals surface area (Å²) in [6.45, 7) is 1.27. The van der Waals surface area contributed by atoms with Crippen LogP contribution in [0.2, 0.25) is 0 Å². The van der Waals surface area contributed by atoms with E-state index >= 15 is 0 Å². The second kappa shape index (κ2) is 10.8. The summed E-state index contributed by atoms with van der Waals surface area (Å²) < 4.78 is 28.5. The zero-order valence-electron chi connectivity index (χ0n) is 18.0. The zero-order valence-corrected chi connectivity index (χ0v) is 19.7. The van der Waals surface area contributed by atoms with Crippen molar-refractivity contribution in [3.8, 4) is 17.2 Å². The van der Waals surface area contributed by atoms with E-state index in [4.69, 9.17) is 19.3 Å². The van der Waals surface area contributed by atoms with Crippen LogP contribution in [0.3, 0.4) is 0 Å². The maximum Gasteiger partial charge on any atom is 0.162 e. The van der Waals surface area contributed by atoms with Crippen molar-refractivity contribution >= 4 is 32.4 Å². The van der Waals surface area contributed by atoms with E-state index in [-0.39, 0.29) is 0 Å². The van der Waals surface area contributed by atoms with Crippen molar-refractivity contribution < 1.29 is 18.4 Å². The molecule has 0 bridgehead atoms. The zero-order chi connectivity index (χ0) is 22.3. The van der Waals surface area contributed by atoms with Crippen molar-refractivity contribution in [2.45, 2.75) is 30.6 Å². The topological polar surface area (TPSA) is 70.8 Å². The van der Waals surface area contributed by atoms with E-state index in [0.29, 0.717) is 29.6 Å². The molecule has 2 N–H and O–H groups in total. The molecule has 1 aliphatic carbocycles. The Labute approximate surface area is 195 Å². The average Bonchev–Trinajstić information content (AvgIpc) is 3.06. The molecule has 168 valence electrons. The minimum absolute atomic E-state index is 0.550. The van der Waals surface area contributed by atoms with Crippen LogP contribution in [0.25, 0.3) is 10.1 Å². The molecule has 1 aromatic heterocycles. The molecule has 0 saturated carbocycles. The highest BCUT2D eigenvalue weighted by molar-refractivity contribution is 7.82. The van der Waals surface area contributed by atoms with Crippen LogP contribution in [0.4, 0.5) is 0 Å². The maximum absolute atomic E-state index is 11.0. The highest BCUT2D eigenvalue weighted by atomic mass is 32.2. The SMILES string of the molecule is COc1ccc2sc(CC3=CCCC=C3)cc2c1.NS(=O)c1ccc2c(c1)OCCCO2. The maximum atomic E-state index is 11.0. The quantitative estimate of drug-likeness (QED) is 0.543. The number of methoxy groups -OCH3 is 1. The van der Waals surface area contributed by atoms with Crippen molar-refractivity contribution in [1.82, 2.24) is 0 Å². The predicted octanol–water partition coefficient (Wildman–Crippen LogP) is 5.56. The van der Waals surface area contributed by atoms with Crippen molar-refractivity contribution in [1.29, 1.82) is 0 Å². The lowest BCUT2D eigenvalue weighted by molar-refractivity contribution is 0.297. The van der Waals surface area contributed by atoms with Crippen molar-refractivity contribution in [2.24, 2.45) is 5.14 Å². The summed E-state index contributed by atoms with van der Waals surface area (Å²) in [6, 6.07) is 13.7. The van der Waals surface area contributed by atoms with E-state index in [9.17, 15) is 4.21 Å². The van der Waals surface area contributed by atoms with Gasteiger partial charge in [-0.25, -0.2) is 9.35 Å². The Kier molecular flexibility index (Phi) is 7.63. The molecule has 0 spiro atoms. The smallest absolute Gasteiger partial charge is 0.162 e. The Hall–Kier alpha value is -2.61. The number of rotatable bonds is 4.